The Balaban J connectivity index is 1.27. The zero-order valence-electron chi connectivity index (χ0n) is 18.3. The second-order valence-corrected chi connectivity index (χ2v) is 9.01. The van der Waals surface area contributed by atoms with Crippen LogP contribution in [0.15, 0.2) is 37.1 Å². The number of amides is 3. The van der Waals surface area contributed by atoms with Crippen LogP contribution >= 0.6 is 0 Å². The maximum Gasteiger partial charge on any atom is 0.416 e. The van der Waals surface area contributed by atoms with E-state index in [2.05, 4.69) is 9.97 Å². The van der Waals surface area contributed by atoms with Crippen molar-refractivity contribution in [2.75, 3.05) is 24.6 Å². The van der Waals surface area contributed by atoms with Crippen molar-refractivity contribution in [1.29, 1.82) is 0 Å². The van der Waals surface area contributed by atoms with Gasteiger partial charge in [0.2, 0.25) is 17.7 Å². The molecule has 2 saturated heterocycles. The molecule has 170 valence electrons. The van der Waals surface area contributed by atoms with Crippen LogP contribution in [-0.2, 0) is 9.59 Å². The summed E-state index contributed by atoms with van der Waals surface area (Å²) in [6.45, 7) is 5.50. The van der Waals surface area contributed by atoms with Crippen molar-refractivity contribution in [3.63, 3.8) is 0 Å². The highest BCUT2D eigenvalue weighted by Gasteiger charge is 2.38. The smallest absolute Gasteiger partial charge is 0.413 e. The van der Waals surface area contributed by atoms with E-state index < -0.39 is 6.09 Å². The number of piperidine rings is 2. The number of hydrogen-bond acceptors (Lipinski definition) is 7. The van der Waals surface area contributed by atoms with Crippen LogP contribution in [0.3, 0.4) is 0 Å². The molecule has 10 heteroatoms. The summed E-state index contributed by atoms with van der Waals surface area (Å²) < 4.78 is 6.95. The summed E-state index contributed by atoms with van der Waals surface area (Å²) in [5, 5.41) is 0. The summed E-state index contributed by atoms with van der Waals surface area (Å²) in [5.74, 6) is -0.0274. The number of carbonyl (C=O) groups excluding carboxylic acids is 3. The minimum atomic E-state index is -0.467. The molecule has 0 aromatic carbocycles. The monoisotopic (exact) mass is 441 g/mol. The quantitative estimate of drug-likeness (QED) is 0.655. The number of nitrogens with zero attached hydrogens (tertiary/aromatic N) is 5. The van der Waals surface area contributed by atoms with Crippen molar-refractivity contribution >= 4 is 23.6 Å². The number of pyridine rings is 1. The van der Waals surface area contributed by atoms with E-state index in [0.717, 1.165) is 17.7 Å². The van der Waals surface area contributed by atoms with Crippen molar-refractivity contribution in [2.24, 2.45) is 11.3 Å². The van der Waals surface area contributed by atoms with E-state index in [1.807, 2.05) is 13.8 Å². The lowest BCUT2D eigenvalue weighted by Gasteiger charge is -2.34. The van der Waals surface area contributed by atoms with Gasteiger partial charge < -0.3 is 14.5 Å². The Labute approximate surface area is 186 Å². The van der Waals surface area contributed by atoms with Crippen molar-refractivity contribution in [3.05, 3.63) is 37.1 Å². The largest absolute Gasteiger partial charge is 0.416 e. The van der Waals surface area contributed by atoms with Crippen LogP contribution < -0.4 is 14.5 Å². The van der Waals surface area contributed by atoms with Gasteiger partial charge in [0, 0.05) is 38.2 Å². The molecule has 4 heterocycles. The maximum absolute atomic E-state index is 12.5. The summed E-state index contributed by atoms with van der Waals surface area (Å²) in [4.78, 5) is 53.8. The first-order valence-corrected chi connectivity index (χ1v) is 10.7. The molecule has 0 atom stereocenters. The molecule has 32 heavy (non-hydrogen) atoms. The molecular weight excluding hydrogens is 414 g/mol. The fourth-order valence-electron chi connectivity index (χ4n) is 3.98. The molecule has 2 aliphatic rings. The Morgan fingerprint density at radius 2 is 1.88 bits per heavy atom. The first-order valence-electron chi connectivity index (χ1n) is 10.7. The van der Waals surface area contributed by atoms with Crippen molar-refractivity contribution in [3.8, 4) is 5.88 Å². The number of likely N-dealkylation sites (tertiary alicyclic amines) is 1. The summed E-state index contributed by atoms with van der Waals surface area (Å²) in [6, 6.07) is 3.07. The number of anilines is 1. The molecule has 0 spiro atoms. The number of hydrogen-bond donors (Lipinski definition) is 0. The van der Waals surface area contributed by atoms with E-state index in [9.17, 15) is 14.4 Å². The van der Waals surface area contributed by atoms with Crippen molar-refractivity contribution < 1.29 is 24.0 Å². The highest BCUT2D eigenvalue weighted by Crippen LogP contribution is 2.34. The summed E-state index contributed by atoms with van der Waals surface area (Å²) in [5.41, 5.74) is 0.0427. The van der Waals surface area contributed by atoms with E-state index in [4.69, 9.17) is 9.57 Å². The van der Waals surface area contributed by atoms with Gasteiger partial charge in [-0.2, -0.15) is 4.73 Å². The lowest BCUT2D eigenvalue weighted by Crippen LogP contribution is -2.46. The van der Waals surface area contributed by atoms with Crippen LogP contribution in [0.1, 0.15) is 39.5 Å². The Kier molecular flexibility index (Phi) is 6.11. The van der Waals surface area contributed by atoms with Crippen molar-refractivity contribution in [1.82, 2.24) is 19.6 Å². The van der Waals surface area contributed by atoms with Crippen molar-refractivity contribution in [2.45, 2.75) is 39.5 Å². The summed E-state index contributed by atoms with van der Waals surface area (Å²) in [6.07, 6.45) is 8.12. The van der Waals surface area contributed by atoms with Gasteiger partial charge in [0.15, 0.2) is 0 Å². The maximum atomic E-state index is 12.5. The van der Waals surface area contributed by atoms with Crippen LogP contribution in [0.4, 0.5) is 10.5 Å². The molecule has 0 bridgehead atoms. The van der Waals surface area contributed by atoms with Crippen LogP contribution in [0, 0.1) is 11.3 Å². The molecule has 0 unspecified atom stereocenters. The van der Waals surface area contributed by atoms with E-state index in [0.29, 0.717) is 44.1 Å². The predicted octanol–water partition coefficient (Wildman–Crippen LogP) is 2.30. The minimum absolute atomic E-state index is 0.126. The Morgan fingerprint density at radius 1 is 1.16 bits per heavy atom. The summed E-state index contributed by atoms with van der Waals surface area (Å²) >= 11 is 0. The molecular formula is C22H27N5O5. The van der Waals surface area contributed by atoms with Crippen LogP contribution in [0.25, 0.3) is 0 Å². The second-order valence-electron chi connectivity index (χ2n) is 9.01. The first-order chi connectivity index (χ1) is 15.3. The third kappa shape index (κ3) is 5.06. The van der Waals surface area contributed by atoms with E-state index in [1.165, 1.54) is 12.3 Å². The summed E-state index contributed by atoms with van der Waals surface area (Å²) in [7, 11) is 0. The molecule has 0 N–H and O–H groups in total. The van der Waals surface area contributed by atoms with Gasteiger partial charge in [-0.3, -0.25) is 9.59 Å². The Bertz CT molecular complexity index is 945. The molecule has 0 aliphatic carbocycles. The molecule has 4 rings (SSSR count). The fraction of sp³-hybridized carbons (Fsp3) is 0.500. The fourth-order valence-corrected chi connectivity index (χ4v) is 3.98. The van der Waals surface area contributed by atoms with Gasteiger partial charge in [-0.1, -0.05) is 13.8 Å². The van der Waals surface area contributed by atoms with E-state index >= 15 is 0 Å². The van der Waals surface area contributed by atoms with Crippen LogP contribution in [0.2, 0.25) is 0 Å². The number of carbonyl (C=O) groups is 3. The zero-order valence-corrected chi connectivity index (χ0v) is 18.3. The molecule has 2 aromatic heterocycles. The van der Waals surface area contributed by atoms with Gasteiger partial charge in [-0.05, 0) is 30.2 Å². The second kappa shape index (κ2) is 8.97. The Morgan fingerprint density at radius 3 is 2.47 bits per heavy atom. The van der Waals surface area contributed by atoms with Gasteiger partial charge in [0.05, 0.1) is 18.1 Å². The Hall–Kier alpha value is -3.43. The van der Waals surface area contributed by atoms with E-state index in [-0.39, 0.29) is 23.1 Å². The molecule has 10 nitrogen and oxygen atoms in total. The minimum Gasteiger partial charge on any atom is -0.413 e. The number of rotatable bonds is 5. The lowest BCUT2D eigenvalue weighted by molar-refractivity contribution is -0.132. The van der Waals surface area contributed by atoms with Gasteiger partial charge >= 0.3 is 6.09 Å². The van der Waals surface area contributed by atoms with E-state index in [1.54, 1.807) is 34.4 Å². The number of aromatic nitrogens is 3. The van der Waals surface area contributed by atoms with Gasteiger partial charge in [0.25, 0.3) is 0 Å². The number of imidazole rings is 1. The molecule has 2 fully saturated rings. The normalized spacial score (nSPS) is 19.2. The number of ether oxygens (including phenoxy) is 1. The molecule has 2 aromatic rings. The molecule has 2 aliphatic heterocycles. The van der Waals surface area contributed by atoms with Crippen LogP contribution in [-0.4, -0.2) is 57.2 Å². The highest BCUT2D eigenvalue weighted by atomic mass is 16.7. The first kappa shape index (κ1) is 21.8. The SMILES string of the molecule is CC1(C)CC(=O)N(c2ccc(OC(=O)N3CCC(COn4ccnc4)CC3)nc2)C(=O)C1. The third-order valence-corrected chi connectivity index (χ3v) is 5.74. The van der Waals surface area contributed by atoms with Gasteiger partial charge in [0.1, 0.15) is 12.9 Å². The predicted molar refractivity (Wildman–Crippen MR) is 114 cm³/mol. The van der Waals surface area contributed by atoms with Crippen LogP contribution in [0.5, 0.6) is 5.88 Å². The lowest BCUT2D eigenvalue weighted by atomic mass is 9.81. The molecule has 0 radical (unpaired) electrons. The van der Waals surface area contributed by atoms with Gasteiger partial charge in [-0.15, -0.1) is 0 Å². The highest BCUT2D eigenvalue weighted by molar-refractivity contribution is 6.16. The molecule has 0 saturated carbocycles. The average Bonchev–Trinajstić information content (AvgIpc) is 3.26. The van der Waals surface area contributed by atoms with Gasteiger partial charge in [-0.25, -0.2) is 19.7 Å². The zero-order chi connectivity index (χ0) is 22.7. The third-order valence-electron chi connectivity index (χ3n) is 5.74. The number of imide groups is 1. The molecule has 3 amide bonds. The average molecular weight is 441 g/mol. The standard InChI is InChI=1S/C22H27N5O5/c1-22(2)11-19(28)27(20(29)12-22)17-3-4-18(24-13-17)32-21(30)25-8-5-16(6-9-25)14-31-26-10-7-23-15-26/h3-4,7,10,13,15-16H,5-6,8-9,11-12,14H2,1-2H3. The topological polar surface area (TPSA) is 107 Å².